The minimum absolute atomic E-state index is 0.182. The Kier molecular flexibility index (Phi) is 5.73. The van der Waals surface area contributed by atoms with Crippen LogP contribution in [-0.4, -0.2) is 47.6 Å². The third-order valence-corrected chi connectivity index (χ3v) is 3.21. The lowest BCUT2D eigenvalue weighted by molar-refractivity contribution is 0.0112. The third-order valence-electron chi connectivity index (χ3n) is 2.65. The third kappa shape index (κ3) is 5.25. The van der Waals surface area contributed by atoms with Gasteiger partial charge >= 0.3 is 6.09 Å². The van der Waals surface area contributed by atoms with Crippen LogP contribution in [-0.2, 0) is 4.74 Å². The van der Waals surface area contributed by atoms with Gasteiger partial charge in [-0.15, -0.1) is 0 Å². The van der Waals surface area contributed by atoms with Crippen LogP contribution in [0.15, 0.2) is 0 Å². The number of piperazine rings is 1. The zero-order valence-corrected chi connectivity index (χ0v) is 12.5. The number of carbonyl (C=O) groups is 1. The Bertz CT molecular complexity index is 253. The van der Waals surface area contributed by atoms with Crippen molar-refractivity contribution in [1.29, 1.82) is 0 Å². The number of nitrogens with zero attached hydrogens (tertiary/aromatic N) is 1. The normalized spacial score (nSPS) is 21.4. The average Bonchev–Trinajstić information content (AvgIpc) is 2.24. The van der Waals surface area contributed by atoms with E-state index >= 15 is 0 Å². The molecule has 4 nitrogen and oxygen atoms in total. The number of hydrogen-bond donors (Lipinski definition) is 1. The molecule has 100 valence electrons. The van der Waals surface area contributed by atoms with Crippen LogP contribution in [0.4, 0.5) is 4.79 Å². The highest BCUT2D eigenvalue weighted by molar-refractivity contribution is 9.09. The van der Waals surface area contributed by atoms with Gasteiger partial charge < -0.3 is 15.0 Å². The number of carbonyl (C=O) groups excluding carboxylic acids is 1. The first-order chi connectivity index (χ1) is 7.94. The molecule has 5 heteroatoms. The second-order valence-corrected chi connectivity index (χ2v) is 6.16. The maximum atomic E-state index is 12.1. The van der Waals surface area contributed by atoms with Crippen molar-refractivity contribution in [3.63, 3.8) is 0 Å². The van der Waals surface area contributed by atoms with Gasteiger partial charge in [0.05, 0.1) is 0 Å². The molecular weight excluding hydrogens is 284 g/mol. The highest BCUT2D eigenvalue weighted by Gasteiger charge is 2.29. The molecule has 1 aliphatic heterocycles. The Morgan fingerprint density at radius 1 is 1.53 bits per heavy atom. The number of halogens is 1. The summed E-state index contributed by atoms with van der Waals surface area (Å²) in [5.74, 6) is 0. The van der Waals surface area contributed by atoms with Gasteiger partial charge in [-0.1, -0.05) is 15.9 Å². The van der Waals surface area contributed by atoms with Gasteiger partial charge in [0, 0.05) is 31.0 Å². The number of alkyl halides is 1. The van der Waals surface area contributed by atoms with Crippen LogP contribution in [0.1, 0.15) is 33.6 Å². The lowest BCUT2D eigenvalue weighted by Crippen LogP contribution is -2.54. The largest absolute Gasteiger partial charge is 0.444 e. The molecule has 1 saturated heterocycles. The van der Waals surface area contributed by atoms with E-state index in [4.69, 9.17) is 4.74 Å². The Labute approximate surface area is 112 Å². The van der Waals surface area contributed by atoms with Gasteiger partial charge in [0.15, 0.2) is 0 Å². The summed E-state index contributed by atoms with van der Waals surface area (Å²) in [6.45, 7) is 8.17. The van der Waals surface area contributed by atoms with E-state index in [0.717, 1.165) is 37.8 Å². The fourth-order valence-electron chi connectivity index (χ4n) is 1.89. The molecule has 1 aliphatic rings. The van der Waals surface area contributed by atoms with Crippen molar-refractivity contribution < 1.29 is 9.53 Å². The van der Waals surface area contributed by atoms with Crippen LogP contribution >= 0.6 is 15.9 Å². The molecule has 1 rings (SSSR count). The van der Waals surface area contributed by atoms with Gasteiger partial charge in [-0.2, -0.15) is 0 Å². The first kappa shape index (κ1) is 14.8. The molecule has 0 saturated carbocycles. The van der Waals surface area contributed by atoms with Crippen molar-refractivity contribution in [1.82, 2.24) is 10.2 Å². The molecule has 1 unspecified atom stereocenters. The minimum atomic E-state index is -0.415. The molecule has 0 radical (unpaired) electrons. The summed E-state index contributed by atoms with van der Waals surface area (Å²) in [4.78, 5) is 13.9. The van der Waals surface area contributed by atoms with Crippen molar-refractivity contribution >= 4 is 22.0 Å². The molecule has 1 atom stereocenters. The molecule has 1 fully saturated rings. The predicted molar refractivity (Wildman–Crippen MR) is 72.6 cm³/mol. The van der Waals surface area contributed by atoms with Gasteiger partial charge in [-0.05, 0) is 33.6 Å². The Morgan fingerprint density at radius 2 is 2.24 bits per heavy atom. The van der Waals surface area contributed by atoms with E-state index in [0.29, 0.717) is 0 Å². The highest BCUT2D eigenvalue weighted by Crippen LogP contribution is 2.16. The molecule has 0 aromatic carbocycles. The first-order valence-electron chi connectivity index (χ1n) is 6.20. The molecule has 17 heavy (non-hydrogen) atoms. The van der Waals surface area contributed by atoms with Crippen molar-refractivity contribution in [3.05, 3.63) is 0 Å². The molecule has 1 N–H and O–H groups in total. The zero-order valence-electron chi connectivity index (χ0n) is 11.0. The second kappa shape index (κ2) is 6.59. The lowest BCUT2D eigenvalue weighted by atomic mass is 10.1. The van der Waals surface area contributed by atoms with Crippen LogP contribution in [0, 0.1) is 0 Å². The zero-order chi connectivity index (χ0) is 12.9. The summed E-state index contributed by atoms with van der Waals surface area (Å²) < 4.78 is 5.43. The van der Waals surface area contributed by atoms with E-state index in [9.17, 15) is 4.79 Å². The lowest BCUT2D eigenvalue weighted by Gasteiger charge is -2.37. The summed E-state index contributed by atoms with van der Waals surface area (Å²) in [5, 5.41) is 4.30. The molecule has 1 heterocycles. The quantitative estimate of drug-likeness (QED) is 0.814. The van der Waals surface area contributed by atoms with Crippen LogP contribution in [0.2, 0.25) is 0 Å². The van der Waals surface area contributed by atoms with E-state index in [1.165, 1.54) is 0 Å². The number of rotatable bonds is 3. The number of amides is 1. The van der Waals surface area contributed by atoms with Gasteiger partial charge in [-0.3, -0.25) is 0 Å². The fourth-order valence-corrected chi connectivity index (χ4v) is 2.22. The van der Waals surface area contributed by atoms with E-state index in [2.05, 4.69) is 21.2 Å². The summed E-state index contributed by atoms with van der Waals surface area (Å²) in [6.07, 6.45) is 1.90. The van der Waals surface area contributed by atoms with Crippen molar-refractivity contribution in [2.24, 2.45) is 0 Å². The summed E-state index contributed by atoms with van der Waals surface area (Å²) >= 11 is 3.43. The number of ether oxygens (including phenoxy) is 1. The summed E-state index contributed by atoms with van der Waals surface area (Å²) in [6, 6.07) is 0.260. The predicted octanol–water partition coefficient (Wildman–Crippen LogP) is 2.37. The molecule has 0 bridgehead atoms. The molecule has 0 aromatic rings. The van der Waals surface area contributed by atoms with E-state index in [1.54, 1.807) is 0 Å². The van der Waals surface area contributed by atoms with Crippen molar-refractivity contribution in [2.45, 2.75) is 45.3 Å². The van der Waals surface area contributed by atoms with Gasteiger partial charge in [0.25, 0.3) is 0 Å². The average molecular weight is 307 g/mol. The maximum absolute atomic E-state index is 12.1. The molecule has 1 amide bonds. The number of hydrogen-bond acceptors (Lipinski definition) is 3. The van der Waals surface area contributed by atoms with Crippen molar-refractivity contribution in [3.8, 4) is 0 Å². The van der Waals surface area contributed by atoms with Gasteiger partial charge in [0.2, 0.25) is 0 Å². The van der Waals surface area contributed by atoms with E-state index in [-0.39, 0.29) is 12.1 Å². The molecular formula is C12H23BrN2O2. The Morgan fingerprint density at radius 3 is 2.82 bits per heavy atom. The first-order valence-corrected chi connectivity index (χ1v) is 7.32. The van der Waals surface area contributed by atoms with Crippen LogP contribution < -0.4 is 5.32 Å². The van der Waals surface area contributed by atoms with E-state index in [1.807, 2.05) is 25.7 Å². The molecule has 0 aromatic heterocycles. The smallest absolute Gasteiger partial charge is 0.410 e. The monoisotopic (exact) mass is 306 g/mol. The SMILES string of the molecule is CC(C)(C)OC(=O)N1CCNCC1CCCBr. The van der Waals surface area contributed by atoms with Gasteiger partial charge in [-0.25, -0.2) is 4.79 Å². The van der Waals surface area contributed by atoms with Crippen molar-refractivity contribution in [2.75, 3.05) is 25.0 Å². The maximum Gasteiger partial charge on any atom is 0.410 e. The summed E-state index contributed by atoms with van der Waals surface area (Å²) in [5.41, 5.74) is -0.415. The second-order valence-electron chi connectivity index (χ2n) is 5.36. The molecule has 0 spiro atoms. The standard InChI is InChI=1S/C12H23BrN2O2/c1-12(2,3)17-11(16)15-8-7-14-9-10(15)5-4-6-13/h10,14H,4-9H2,1-3H3. The fraction of sp³-hybridized carbons (Fsp3) is 0.917. The minimum Gasteiger partial charge on any atom is -0.444 e. The van der Waals surface area contributed by atoms with Crippen LogP contribution in [0.3, 0.4) is 0 Å². The summed E-state index contributed by atoms with van der Waals surface area (Å²) in [7, 11) is 0. The topological polar surface area (TPSA) is 41.6 Å². The van der Waals surface area contributed by atoms with E-state index < -0.39 is 5.60 Å². The number of nitrogens with one attached hydrogen (secondary N) is 1. The Balaban J connectivity index is 2.54. The van der Waals surface area contributed by atoms with Crippen LogP contribution in [0.25, 0.3) is 0 Å². The Hall–Kier alpha value is -0.290. The van der Waals surface area contributed by atoms with Crippen LogP contribution in [0.5, 0.6) is 0 Å². The highest BCUT2D eigenvalue weighted by atomic mass is 79.9. The van der Waals surface area contributed by atoms with Gasteiger partial charge in [0.1, 0.15) is 5.60 Å². The molecule has 0 aliphatic carbocycles.